The molecule has 2 aromatic heterocycles. The Kier molecular flexibility index (Phi) is 11.0. The van der Waals surface area contributed by atoms with Crippen molar-refractivity contribution in [2.45, 2.75) is 89.4 Å². The molecule has 0 saturated carbocycles. The van der Waals surface area contributed by atoms with Crippen molar-refractivity contribution < 1.29 is 41.6 Å². The minimum Gasteiger partial charge on any atom is -0.454 e. The Labute approximate surface area is 298 Å². The van der Waals surface area contributed by atoms with E-state index < -0.39 is 48.1 Å². The van der Waals surface area contributed by atoms with Gasteiger partial charge in [0, 0.05) is 25.6 Å². The maximum absolute atomic E-state index is 14.3. The van der Waals surface area contributed by atoms with Gasteiger partial charge in [-0.2, -0.15) is 13.2 Å². The number of rotatable bonds is 11. The molecular weight excluding hydrogens is 689 g/mol. The molecule has 0 bridgehead atoms. The largest absolute Gasteiger partial charge is 0.490 e. The highest BCUT2D eigenvalue weighted by molar-refractivity contribution is 7.13. The Morgan fingerprint density at radius 3 is 2.37 bits per heavy atom. The molecule has 2 N–H and O–H groups in total. The molecule has 3 aliphatic heterocycles. The summed E-state index contributed by atoms with van der Waals surface area (Å²) in [7, 11) is 0. The van der Waals surface area contributed by atoms with E-state index >= 15 is 0 Å². The topological polar surface area (TPSA) is 139 Å². The van der Waals surface area contributed by atoms with Crippen molar-refractivity contribution >= 4 is 34.9 Å². The van der Waals surface area contributed by atoms with E-state index in [1.165, 1.54) is 16.2 Å². The number of anilines is 1. The Hall–Kier alpha value is -4.02. The van der Waals surface area contributed by atoms with Crippen LogP contribution in [0.15, 0.2) is 40.4 Å². The Bertz CT molecular complexity index is 1680. The van der Waals surface area contributed by atoms with Crippen LogP contribution in [0.1, 0.15) is 69.0 Å². The number of thiazole rings is 1. The second kappa shape index (κ2) is 15.3. The van der Waals surface area contributed by atoms with Gasteiger partial charge in [0.2, 0.25) is 11.8 Å². The zero-order valence-corrected chi connectivity index (χ0v) is 29.8. The van der Waals surface area contributed by atoms with Crippen LogP contribution in [0.25, 0.3) is 10.4 Å². The number of carbonyl (C=O) groups excluding carboxylic acids is 3. The molecule has 16 heteroatoms. The molecule has 6 rings (SSSR count). The van der Waals surface area contributed by atoms with Gasteiger partial charge in [-0.3, -0.25) is 9.59 Å². The molecule has 0 aliphatic carbocycles. The van der Waals surface area contributed by atoms with Gasteiger partial charge in [0.1, 0.15) is 18.1 Å². The Balaban J connectivity index is 1.15. The number of alkyl halides is 3. The van der Waals surface area contributed by atoms with Gasteiger partial charge in [-0.15, -0.1) is 11.3 Å². The number of hydrogen-bond acceptors (Lipinski definition) is 11. The van der Waals surface area contributed by atoms with E-state index in [1.807, 2.05) is 49.9 Å². The molecule has 1 aromatic carbocycles. The van der Waals surface area contributed by atoms with Crippen LogP contribution in [0.2, 0.25) is 0 Å². The number of piperidine rings is 1. The summed E-state index contributed by atoms with van der Waals surface area (Å²) in [6.07, 6.45) is -4.64. The van der Waals surface area contributed by atoms with Crippen molar-refractivity contribution in [2.75, 3.05) is 37.6 Å². The van der Waals surface area contributed by atoms with Crippen molar-refractivity contribution in [3.05, 3.63) is 52.9 Å². The first-order chi connectivity index (χ1) is 24.3. The fourth-order valence-corrected chi connectivity index (χ4v) is 7.70. The summed E-state index contributed by atoms with van der Waals surface area (Å²) in [5.74, 6) is -3.90. The number of nitrogens with zero attached hydrogens (tertiary/aromatic N) is 4. The van der Waals surface area contributed by atoms with Gasteiger partial charge in [0.25, 0.3) is 0 Å². The first-order valence-corrected chi connectivity index (χ1v) is 18.1. The third-order valence-electron chi connectivity index (χ3n) is 9.73. The summed E-state index contributed by atoms with van der Waals surface area (Å²) < 4.78 is 56.1. The van der Waals surface area contributed by atoms with Crippen LogP contribution >= 0.6 is 11.3 Å². The first-order valence-electron chi connectivity index (χ1n) is 17.2. The van der Waals surface area contributed by atoms with Gasteiger partial charge in [-0.05, 0) is 56.8 Å². The third-order valence-corrected chi connectivity index (χ3v) is 10.7. The molecule has 0 spiro atoms. The summed E-state index contributed by atoms with van der Waals surface area (Å²) >= 11 is 1.52. The van der Waals surface area contributed by atoms with E-state index in [0.717, 1.165) is 47.6 Å². The third kappa shape index (κ3) is 8.39. The maximum atomic E-state index is 14.3. The highest BCUT2D eigenvalue weighted by Gasteiger charge is 2.49. The zero-order chi connectivity index (χ0) is 36.4. The smallest absolute Gasteiger partial charge is 0.454 e. The van der Waals surface area contributed by atoms with Crippen molar-refractivity contribution in [2.24, 2.45) is 5.92 Å². The van der Waals surface area contributed by atoms with E-state index in [-0.39, 0.29) is 36.9 Å². The minimum absolute atomic E-state index is 0.0683. The van der Waals surface area contributed by atoms with Crippen LogP contribution in [0.4, 0.5) is 19.0 Å². The lowest BCUT2D eigenvalue weighted by Crippen LogP contribution is -2.54. The summed E-state index contributed by atoms with van der Waals surface area (Å²) in [5, 5.41) is 10.4. The van der Waals surface area contributed by atoms with Crippen LogP contribution in [-0.4, -0.2) is 96.1 Å². The summed E-state index contributed by atoms with van der Waals surface area (Å²) in [6, 6.07) is 7.60. The van der Waals surface area contributed by atoms with Crippen molar-refractivity contribution in [3.63, 3.8) is 0 Å². The number of benzene rings is 1. The minimum atomic E-state index is -5.22. The molecule has 2 amide bonds. The fraction of sp³-hybridized carbons (Fsp3) is 0.571. The van der Waals surface area contributed by atoms with Gasteiger partial charge in [-0.25, -0.2) is 9.78 Å². The molecule has 4 atom stereocenters. The number of ether oxygens (including phenoxy) is 2. The number of nitrogens with one attached hydrogen (secondary N) is 2. The van der Waals surface area contributed by atoms with Crippen molar-refractivity contribution in [1.29, 1.82) is 0 Å². The molecule has 3 fully saturated rings. The molecule has 5 heterocycles. The summed E-state index contributed by atoms with van der Waals surface area (Å²) in [5.41, 5.74) is 4.45. The van der Waals surface area contributed by atoms with Gasteiger partial charge in [-0.1, -0.05) is 43.3 Å². The van der Waals surface area contributed by atoms with Crippen molar-refractivity contribution in [3.8, 4) is 10.4 Å². The number of carbonyl (C=O) groups is 3. The van der Waals surface area contributed by atoms with Gasteiger partial charge < -0.3 is 34.4 Å². The molecule has 3 aliphatic rings. The molecular formula is C35H43F3N6O6S. The van der Waals surface area contributed by atoms with Crippen LogP contribution in [0.5, 0.6) is 0 Å². The Morgan fingerprint density at radius 2 is 1.75 bits per heavy atom. The summed E-state index contributed by atoms with van der Waals surface area (Å²) in [6.45, 7) is 10.1. The van der Waals surface area contributed by atoms with E-state index in [0.29, 0.717) is 18.9 Å². The molecule has 3 saturated heterocycles. The average Bonchev–Trinajstić information content (AvgIpc) is 3.83. The molecule has 51 heavy (non-hydrogen) atoms. The van der Waals surface area contributed by atoms with Gasteiger partial charge in [0.05, 0.1) is 40.9 Å². The lowest BCUT2D eigenvalue weighted by molar-refractivity contribution is -0.204. The number of halogens is 3. The highest BCUT2D eigenvalue weighted by atomic mass is 32.1. The van der Waals surface area contributed by atoms with E-state index in [1.54, 1.807) is 18.5 Å². The lowest BCUT2D eigenvalue weighted by atomic mass is 9.91. The molecule has 276 valence electrons. The summed E-state index contributed by atoms with van der Waals surface area (Å²) in [4.78, 5) is 48.3. The number of hydrogen-bond donors (Lipinski definition) is 2. The molecule has 0 unspecified atom stereocenters. The first kappa shape index (κ1) is 36.8. The number of likely N-dealkylation sites (tertiary alicyclic amines) is 1. The van der Waals surface area contributed by atoms with Gasteiger partial charge in [0.15, 0.2) is 11.6 Å². The second-order valence-electron chi connectivity index (χ2n) is 13.8. The monoisotopic (exact) mass is 732 g/mol. The molecule has 3 aromatic rings. The Morgan fingerprint density at radius 1 is 1.04 bits per heavy atom. The van der Waals surface area contributed by atoms with E-state index in [2.05, 4.69) is 20.8 Å². The van der Waals surface area contributed by atoms with Gasteiger partial charge >= 0.3 is 12.1 Å². The second-order valence-corrected chi connectivity index (χ2v) is 14.7. The predicted molar refractivity (Wildman–Crippen MR) is 182 cm³/mol. The number of aryl methyl sites for hydroxylation is 1. The van der Waals surface area contributed by atoms with Crippen LogP contribution in [-0.2, 0) is 23.9 Å². The van der Waals surface area contributed by atoms with Crippen LogP contribution < -0.4 is 15.5 Å². The van der Waals surface area contributed by atoms with Crippen LogP contribution in [0, 0.1) is 12.8 Å². The molecule has 0 radical (unpaired) electrons. The van der Waals surface area contributed by atoms with Crippen LogP contribution in [0.3, 0.4) is 0 Å². The predicted octanol–water partition coefficient (Wildman–Crippen LogP) is 4.76. The van der Waals surface area contributed by atoms with E-state index in [4.69, 9.17) is 14.0 Å². The SMILES string of the molecule is Cc1ncsc1-c1ccc([C@H](C)NC(=O)[C@@H]2C[C@@H](OC(=O)C(F)(F)F)CN2C(=O)[C@@H](c2cc(N3CC(OC4CCNCC4)C3)no2)C(C)C)cc1. The number of esters is 1. The number of aromatic nitrogens is 2. The zero-order valence-electron chi connectivity index (χ0n) is 28.9. The maximum Gasteiger partial charge on any atom is 0.490 e. The number of amides is 2. The quantitative estimate of drug-likeness (QED) is 0.266. The fourth-order valence-electron chi connectivity index (χ4n) is 6.89. The molecule has 12 nitrogen and oxygen atoms in total. The highest BCUT2D eigenvalue weighted by Crippen LogP contribution is 2.35. The van der Waals surface area contributed by atoms with E-state index in [9.17, 15) is 27.6 Å². The lowest BCUT2D eigenvalue weighted by Gasteiger charge is -2.41. The normalized spacial score (nSPS) is 21.4. The average molecular weight is 733 g/mol. The standard InChI is InChI=1S/C35H43F3N6O6S/c1-19(2)30(28-14-29(42-50-28)43-15-26(16-43)48-24-9-11-39-12-10-24)33(46)44-17-25(49-34(47)35(36,37)38)13-27(44)32(45)41-20(3)22-5-7-23(8-6-22)31-21(4)40-18-51-31/h5-8,14,18-20,24-27,30,39H,9-13,15-17H2,1-4H3,(H,41,45)/t20-,25+,27-,30+/m0/s1. The van der Waals surface area contributed by atoms with Crippen molar-refractivity contribution in [1.82, 2.24) is 25.7 Å².